The van der Waals surface area contributed by atoms with Crippen LogP contribution in [0, 0.1) is 11.8 Å². The minimum atomic E-state index is 0.109. The zero-order valence-electron chi connectivity index (χ0n) is 13.1. The molecular formula is C18H26BrClO. The highest BCUT2D eigenvalue weighted by Crippen LogP contribution is 2.44. The molecule has 0 amide bonds. The Morgan fingerprint density at radius 3 is 2.57 bits per heavy atom. The van der Waals surface area contributed by atoms with Crippen molar-refractivity contribution in [2.45, 2.75) is 57.2 Å². The Morgan fingerprint density at radius 2 is 2.00 bits per heavy atom. The van der Waals surface area contributed by atoms with Crippen molar-refractivity contribution in [1.29, 1.82) is 0 Å². The van der Waals surface area contributed by atoms with Crippen molar-refractivity contribution in [3.8, 4) is 5.75 Å². The summed E-state index contributed by atoms with van der Waals surface area (Å²) in [6.45, 7) is 2.28. The molecule has 1 atom stereocenters. The van der Waals surface area contributed by atoms with E-state index < -0.39 is 0 Å². The highest BCUT2D eigenvalue weighted by atomic mass is 79.9. The van der Waals surface area contributed by atoms with Gasteiger partial charge in [0.2, 0.25) is 0 Å². The SMILES string of the molecule is CCCCC1CCC(C(Cl)c2ccc(OC)cc2Br)CC1. The summed E-state index contributed by atoms with van der Waals surface area (Å²) in [5.74, 6) is 2.41. The first-order chi connectivity index (χ1) is 10.2. The van der Waals surface area contributed by atoms with Crippen LogP contribution in [0.15, 0.2) is 22.7 Å². The van der Waals surface area contributed by atoms with Crippen LogP contribution in [0.4, 0.5) is 0 Å². The molecule has 3 heteroatoms. The summed E-state index contributed by atoms with van der Waals surface area (Å²) in [6.07, 6.45) is 9.33. The molecule has 0 N–H and O–H groups in total. The van der Waals surface area contributed by atoms with Gasteiger partial charge in [-0.15, -0.1) is 11.6 Å². The molecule has 0 spiro atoms. The molecule has 21 heavy (non-hydrogen) atoms. The standard InChI is InChI=1S/C18H26BrClO/c1-3-4-5-13-6-8-14(9-7-13)18(20)16-11-10-15(21-2)12-17(16)19/h10-14,18H,3-9H2,1-2H3. The van der Waals surface area contributed by atoms with Gasteiger partial charge in [0, 0.05) is 4.47 Å². The summed E-state index contributed by atoms with van der Waals surface area (Å²) in [6, 6.07) is 6.11. The summed E-state index contributed by atoms with van der Waals surface area (Å²) < 4.78 is 6.32. The molecule has 2 rings (SSSR count). The van der Waals surface area contributed by atoms with Crippen molar-refractivity contribution in [2.24, 2.45) is 11.8 Å². The molecule has 1 aliphatic rings. The molecule has 1 nitrogen and oxygen atoms in total. The van der Waals surface area contributed by atoms with E-state index in [9.17, 15) is 0 Å². The average Bonchev–Trinajstić information content (AvgIpc) is 2.52. The van der Waals surface area contributed by atoms with Gasteiger partial charge in [0.15, 0.2) is 0 Å². The van der Waals surface area contributed by atoms with Crippen molar-refractivity contribution in [2.75, 3.05) is 7.11 Å². The number of ether oxygens (including phenoxy) is 1. The van der Waals surface area contributed by atoms with Gasteiger partial charge < -0.3 is 4.74 Å². The zero-order valence-corrected chi connectivity index (χ0v) is 15.4. The van der Waals surface area contributed by atoms with E-state index in [1.807, 2.05) is 12.1 Å². The predicted octanol–water partition coefficient (Wildman–Crippen LogP) is 6.73. The molecule has 1 aromatic carbocycles. The zero-order chi connectivity index (χ0) is 15.2. The molecule has 0 saturated heterocycles. The molecule has 118 valence electrons. The average molecular weight is 374 g/mol. The maximum atomic E-state index is 6.77. The Balaban J connectivity index is 1.94. The highest BCUT2D eigenvalue weighted by molar-refractivity contribution is 9.10. The minimum absolute atomic E-state index is 0.109. The topological polar surface area (TPSA) is 9.23 Å². The second-order valence-electron chi connectivity index (χ2n) is 6.21. The van der Waals surface area contributed by atoms with Crippen LogP contribution in [0.1, 0.15) is 62.8 Å². The van der Waals surface area contributed by atoms with Crippen LogP contribution in [0.5, 0.6) is 5.75 Å². The van der Waals surface area contributed by atoms with Gasteiger partial charge in [-0.05, 0) is 42.4 Å². The van der Waals surface area contributed by atoms with Crippen LogP contribution in [0.2, 0.25) is 0 Å². The predicted molar refractivity (Wildman–Crippen MR) is 94.3 cm³/mol. The number of hydrogen-bond donors (Lipinski definition) is 0. The van der Waals surface area contributed by atoms with Crippen molar-refractivity contribution in [3.05, 3.63) is 28.2 Å². The van der Waals surface area contributed by atoms with Crippen molar-refractivity contribution in [3.63, 3.8) is 0 Å². The van der Waals surface area contributed by atoms with Gasteiger partial charge in [0.25, 0.3) is 0 Å². The molecule has 0 bridgehead atoms. The molecule has 0 aliphatic heterocycles. The van der Waals surface area contributed by atoms with Crippen LogP contribution < -0.4 is 4.74 Å². The lowest BCUT2D eigenvalue weighted by molar-refractivity contribution is 0.254. The van der Waals surface area contributed by atoms with Crippen LogP contribution in [-0.2, 0) is 0 Å². The minimum Gasteiger partial charge on any atom is -0.497 e. The third kappa shape index (κ3) is 4.63. The summed E-state index contributed by atoms with van der Waals surface area (Å²) in [5.41, 5.74) is 1.20. The number of rotatable bonds is 6. The Labute approximate surface area is 142 Å². The Kier molecular flexibility index (Phi) is 6.88. The molecular weight excluding hydrogens is 348 g/mol. The van der Waals surface area contributed by atoms with E-state index in [2.05, 4.69) is 28.9 Å². The number of benzene rings is 1. The van der Waals surface area contributed by atoms with E-state index in [1.165, 1.54) is 50.5 Å². The fourth-order valence-electron chi connectivity index (χ4n) is 3.37. The van der Waals surface area contributed by atoms with Gasteiger partial charge in [-0.25, -0.2) is 0 Å². The first kappa shape index (κ1) is 17.1. The van der Waals surface area contributed by atoms with E-state index >= 15 is 0 Å². The number of methoxy groups -OCH3 is 1. The summed E-state index contributed by atoms with van der Waals surface area (Å²) >= 11 is 10.4. The van der Waals surface area contributed by atoms with Crippen molar-refractivity contribution < 1.29 is 4.74 Å². The first-order valence-electron chi connectivity index (χ1n) is 8.13. The van der Waals surface area contributed by atoms with Crippen LogP contribution in [-0.4, -0.2) is 7.11 Å². The smallest absolute Gasteiger partial charge is 0.120 e. The fraction of sp³-hybridized carbons (Fsp3) is 0.667. The maximum Gasteiger partial charge on any atom is 0.120 e. The van der Waals surface area contributed by atoms with E-state index in [0.29, 0.717) is 5.92 Å². The third-order valence-electron chi connectivity index (χ3n) is 4.78. The number of alkyl halides is 1. The van der Waals surface area contributed by atoms with Crippen molar-refractivity contribution >= 4 is 27.5 Å². The fourth-order valence-corrected chi connectivity index (χ4v) is 4.55. The number of unbranched alkanes of at least 4 members (excludes halogenated alkanes) is 1. The normalized spacial score (nSPS) is 23.8. The third-order valence-corrected chi connectivity index (χ3v) is 6.05. The van der Waals surface area contributed by atoms with Crippen LogP contribution >= 0.6 is 27.5 Å². The van der Waals surface area contributed by atoms with Gasteiger partial charge in [-0.2, -0.15) is 0 Å². The lowest BCUT2D eigenvalue weighted by atomic mass is 9.77. The van der Waals surface area contributed by atoms with E-state index in [1.54, 1.807) is 7.11 Å². The second kappa shape index (κ2) is 8.43. The quantitative estimate of drug-likeness (QED) is 0.502. The Morgan fingerprint density at radius 1 is 1.29 bits per heavy atom. The molecule has 0 aromatic heterocycles. The highest BCUT2D eigenvalue weighted by Gasteiger charge is 2.28. The van der Waals surface area contributed by atoms with Gasteiger partial charge in [0.05, 0.1) is 12.5 Å². The summed E-state index contributed by atoms with van der Waals surface area (Å²) in [4.78, 5) is 0. The van der Waals surface area contributed by atoms with E-state index in [0.717, 1.165) is 16.1 Å². The van der Waals surface area contributed by atoms with Gasteiger partial charge in [-0.1, -0.05) is 61.0 Å². The molecule has 1 fully saturated rings. The molecule has 1 saturated carbocycles. The largest absolute Gasteiger partial charge is 0.497 e. The van der Waals surface area contributed by atoms with Crippen molar-refractivity contribution in [1.82, 2.24) is 0 Å². The molecule has 1 aliphatic carbocycles. The van der Waals surface area contributed by atoms with Crippen LogP contribution in [0.3, 0.4) is 0 Å². The van der Waals surface area contributed by atoms with Gasteiger partial charge in [-0.3, -0.25) is 0 Å². The first-order valence-corrected chi connectivity index (χ1v) is 9.36. The molecule has 1 unspecified atom stereocenters. The summed E-state index contributed by atoms with van der Waals surface area (Å²) in [5, 5.41) is 0.109. The number of hydrogen-bond acceptors (Lipinski definition) is 1. The maximum absolute atomic E-state index is 6.77. The van der Waals surface area contributed by atoms with Gasteiger partial charge in [0.1, 0.15) is 5.75 Å². The Bertz CT molecular complexity index is 441. The van der Waals surface area contributed by atoms with Crippen LogP contribution in [0.25, 0.3) is 0 Å². The lowest BCUT2D eigenvalue weighted by Gasteiger charge is -2.31. The number of halogens is 2. The Hall–Kier alpha value is -0.210. The van der Waals surface area contributed by atoms with Gasteiger partial charge >= 0.3 is 0 Å². The lowest BCUT2D eigenvalue weighted by Crippen LogP contribution is -2.18. The molecule has 0 radical (unpaired) electrons. The van der Waals surface area contributed by atoms with E-state index in [-0.39, 0.29) is 5.38 Å². The van der Waals surface area contributed by atoms with E-state index in [4.69, 9.17) is 16.3 Å². The molecule has 0 heterocycles. The second-order valence-corrected chi connectivity index (χ2v) is 7.54. The molecule has 1 aromatic rings. The monoisotopic (exact) mass is 372 g/mol. The summed E-state index contributed by atoms with van der Waals surface area (Å²) in [7, 11) is 1.69.